The summed E-state index contributed by atoms with van der Waals surface area (Å²) in [5.41, 5.74) is 0.0884. The Morgan fingerprint density at radius 3 is 2.11 bits per heavy atom. The lowest BCUT2D eigenvalue weighted by Gasteiger charge is -2.43. The predicted octanol–water partition coefficient (Wildman–Crippen LogP) is 4.38. The van der Waals surface area contributed by atoms with E-state index in [0.29, 0.717) is 12.1 Å². The summed E-state index contributed by atoms with van der Waals surface area (Å²) in [5, 5.41) is 3.60. The van der Waals surface area contributed by atoms with Crippen LogP contribution in [-0.4, -0.2) is 24.3 Å². The van der Waals surface area contributed by atoms with Crippen LogP contribution in [0.2, 0.25) is 0 Å². The summed E-state index contributed by atoms with van der Waals surface area (Å²) >= 11 is 0. The van der Waals surface area contributed by atoms with Gasteiger partial charge in [0, 0.05) is 12.6 Å². The van der Waals surface area contributed by atoms with E-state index >= 15 is 0 Å². The van der Waals surface area contributed by atoms with Gasteiger partial charge in [-0.05, 0) is 50.9 Å². The van der Waals surface area contributed by atoms with Gasteiger partial charge in [-0.1, -0.05) is 34.6 Å². The van der Waals surface area contributed by atoms with Crippen molar-refractivity contribution in [2.24, 2.45) is 11.8 Å². The maximum atomic E-state index is 6.44. The molecule has 114 valence electrons. The molecule has 1 aliphatic carbocycles. The summed E-state index contributed by atoms with van der Waals surface area (Å²) in [5.74, 6) is 1.72. The maximum absolute atomic E-state index is 6.44. The first kappa shape index (κ1) is 17.0. The molecule has 19 heavy (non-hydrogen) atoms. The summed E-state index contributed by atoms with van der Waals surface area (Å²) in [6.07, 6.45) is 6.59. The van der Waals surface area contributed by atoms with Gasteiger partial charge >= 0.3 is 0 Å². The predicted molar refractivity (Wildman–Crippen MR) is 83.5 cm³/mol. The van der Waals surface area contributed by atoms with Gasteiger partial charge in [0.15, 0.2) is 0 Å². The normalized spacial score (nSPS) is 30.0. The lowest BCUT2D eigenvalue weighted by atomic mass is 9.74. The van der Waals surface area contributed by atoms with Crippen molar-refractivity contribution in [2.75, 3.05) is 6.54 Å². The van der Waals surface area contributed by atoms with Crippen molar-refractivity contribution in [3.63, 3.8) is 0 Å². The van der Waals surface area contributed by atoms with E-state index in [1.165, 1.54) is 25.7 Å². The van der Waals surface area contributed by atoms with Crippen LogP contribution in [0.5, 0.6) is 0 Å². The molecule has 0 heterocycles. The van der Waals surface area contributed by atoms with Crippen LogP contribution in [0.3, 0.4) is 0 Å². The molecule has 0 aliphatic heterocycles. The molecule has 0 amide bonds. The molecule has 0 aromatic rings. The molecular weight excluding hydrogens is 234 g/mol. The first-order valence-corrected chi connectivity index (χ1v) is 8.29. The molecule has 1 rings (SSSR count). The van der Waals surface area contributed by atoms with Gasteiger partial charge < -0.3 is 10.1 Å². The summed E-state index contributed by atoms with van der Waals surface area (Å²) in [6, 6.07) is 0.542. The highest BCUT2D eigenvalue weighted by Gasteiger charge is 2.37. The number of nitrogens with one attached hydrogen (secondary N) is 1. The Morgan fingerprint density at radius 1 is 1.11 bits per heavy atom. The molecule has 1 saturated carbocycles. The average molecular weight is 269 g/mol. The first-order valence-electron chi connectivity index (χ1n) is 8.29. The van der Waals surface area contributed by atoms with Crippen molar-refractivity contribution < 1.29 is 4.74 Å². The molecule has 2 heteroatoms. The molecule has 1 fully saturated rings. The third-order valence-electron chi connectivity index (χ3n) is 4.74. The van der Waals surface area contributed by atoms with Crippen LogP contribution in [0.1, 0.15) is 73.6 Å². The molecule has 0 aromatic heterocycles. The lowest BCUT2D eigenvalue weighted by molar-refractivity contribution is -0.115. The zero-order valence-electron chi connectivity index (χ0n) is 14.0. The summed E-state index contributed by atoms with van der Waals surface area (Å²) in [6.45, 7) is 14.6. The average Bonchev–Trinajstić information content (AvgIpc) is 2.37. The fourth-order valence-corrected chi connectivity index (χ4v) is 3.07. The van der Waals surface area contributed by atoms with E-state index in [9.17, 15) is 0 Å². The summed E-state index contributed by atoms with van der Waals surface area (Å²) < 4.78 is 6.44. The van der Waals surface area contributed by atoms with Crippen LogP contribution in [0, 0.1) is 11.8 Å². The fraction of sp³-hybridized carbons (Fsp3) is 1.00. The van der Waals surface area contributed by atoms with E-state index in [0.717, 1.165) is 24.8 Å². The summed E-state index contributed by atoms with van der Waals surface area (Å²) in [7, 11) is 0. The number of ether oxygens (including phenoxy) is 1. The topological polar surface area (TPSA) is 21.3 Å². The Balaban J connectivity index is 2.61. The van der Waals surface area contributed by atoms with Gasteiger partial charge in [0.05, 0.1) is 11.7 Å². The molecule has 1 N–H and O–H groups in total. The second-order valence-corrected chi connectivity index (χ2v) is 7.14. The van der Waals surface area contributed by atoms with E-state index in [2.05, 4.69) is 46.9 Å². The van der Waals surface area contributed by atoms with Crippen molar-refractivity contribution in [1.29, 1.82) is 0 Å². The molecule has 0 spiro atoms. The monoisotopic (exact) mass is 269 g/mol. The second-order valence-electron chi connectivity index (χ2n) is 7.14. The summed E-state index contributed by atoms with van der Waals surface area (Å²) in [4.78, 5) is 0. The van der Waals surface area contributed by atoms with E-state index in [1.807, 2.05) is 0 Å². The fourth-order valence-electron chi connectivity index (χ4n) is 3.07. The van der Waals surface area contributed by atoms with Gasteiger partial charge in [-0.15, -0.1) is 0 Å². The van der Waals surface area contributed by atoms with Gasteiger partial charge in [-0.3, -0.25) is 0 Å². The number of hydrogen-bond donors (Lipinski definition) is 1. The molecule has 1 aliphatic rings. The van der Waals surface area contributed by atoms with E-state index < -0.39 is 0 Å². The van der Waals surface area contributed by atoms with Gasteiger partial charge in [0.1, 0.15) is 0 Å². The Hall–Kier alpha value is -0.0800. The molecule has 1 atom stereocenters. The molecule has 0 aromatic carbocycles. The minimum atomic E-state index is 0.0884. The van der Waals surface area contributed by atoms with Crippen LogP contribution in [0.25, 0.3) is 0 Å². The number of rotatable bonds is 7. The van der Waals surface area contributed by atoms with E-state index in [4.69, 9.17) is 4.74 Å². The second kappa shape index (κ2) is 7.64. The number of hydrogen-bond acceptors (Lipinski definition) is 2. The molecule has 2 nitrogen and oxygen atoms in total. The van der Waals surface area contributed by atoms with Crippen molar-refractivity contribution in [1.82, 2.24) is 5.32 Å². The van der Waals surface area contributed by atoms with Gasteiger partial charge in [0.25, 0.3) is 0 Å². The van der Waals surface area contributed by atoms with E-state index in [-0.39, 0.29) is 5.60 Å². The SMILES string of the molecule is CCC(C)OC1(CNC(C)C)CCC(C(C)C)CC1. The van der Waals surface area contributed by atoms with E-state index in [1.54, 1.807) is 0 Å². The van der Waals surface area contributed by atoms with Gasteiger partial charge in [-0.25, -0.2) is 0 Å². The molecule has 0 radical (unpaired) electrons. The minimum Gasteiger partial charge on any atom is -0.371 e. The van der Waals surface area contributed by atoms with Crippen molar-refractivity contribution in [3.05, 3.63) is 0 Å². The largest absolute Gasteiger partial charge is 0.371 e. The van der Waals surface area contributed by atoms with Crippen LogP contribution < -0.4 is 5.32 Å². The Morgan fingerprint density at radius 2 is 1.68 bits per heavy atom. The Kier molecular flexibility index (Phi) is 6.82. The van der Waals surface area contributed by atoms with Crippen LogP contribution in [-0.2, 0) is 4.74 Å². The standard InChI is InChI=1S/C17H35NO/c1-7-15(6)19-17(12-18-14(4)5)10-8-16(9-11-17)13(2)3/h13-16,18H,7-12H2,1-6H3. The molecule has 0 saturated heterocycles. The Bertz CT molecular complexity index is 242. The van der Waals surface area contributed by atoms with Crippen molar-refractivity contribution in [3.8, 4) is 0 Å². The van der Waals surface area contributed by atoms with Crippen LogP contribution >= 0.6 is 0 Å². The van der Waals surface area contributed by atoms with Crippen LogP contribution in [0.4, 0.5) is 0 Å². The molecule has 0 bridgehead atoms. The minimum absolute atomic E-state index is 0.0884. The van der Waals surface area contributed by atoms with Crippen LogP contribution in [0.15, 0.2) is 0 Å². The highest BCUT2D eigenvalue weighted by Crippen LogP contribution is 2.38. The Labute approximate surface area is 120 Å². The van der Waals surface area contributed by atoms with Gasteiger partial charge in [0.2, 0.25) is 0 Å². The highest BCUT2D eigenvalue weighted by molar-refractivity contribution is 4.91. The maximum Gasteiger partial charge on any atom is 0.0810 e. The van der Waals surface area contributed by atoms with Crippen molar-refractivity contribution in [2.45, 2.75) is 91.4 Å². The highest BCUT2D eigenvalue weighted by atomic mass is 16.5. The van der Waals surface area contributed by atoms with Gasteiger partial charge in [-0.2, -0.15) is 0 Å². The third-order valence-corrected chi connectivity index (χ3v) is 4.74. The zero-order chi connectivity index (χ0) is 14.5. The smallest absolute Gasteiger partial charge is 0.0810 e. The quantitative estimate of drug-likeness (QED) is 0.740. The zero-order valence-corrected chi connectivity index (χ0v) is 14.0. The molecular formula is C17H35NO. The first-order chi connectivity index (χ1) is 8.88. The van der Waals surface area contributed by atoms with Crippen molar-refractivity contribution >= 4 is 0 Å². The third kappa shape index (κ3) is 5.43. The molecule has 1 unspecified atom stereocenters. The lowest BCUT2D eigenvalue weighted by Crippen LogP contribution is -2.49.